The fourth-order valence-electron chi connectivity index (χ4n) is 3.70. The van der Waals surface area contributed by atoms with E-state index < -0.39 is 0 Å². The molecule has 0 aliphatic carbocycles. The molecule has 1 amide bonds. The molecule has 1 unspecified atom stereocenters. The second-order valence-corrected chi connectivity index (χ2v) is 8.45. The summed E-state index contributed by atoms with van der Waals surface area (Å²) in [7, 11) is 0. The second kappa shape index (κ2) is 8.57. The topological polar surface area (TPSA) is 41.4 Å². The molecule has 1 fully saturated rings. The first-order chi connectivity index (χ1) is 12.8. The number of aromatic nitrogens is 2. The number of nitrogens with zero attached hydrogens (tertiary/aromatic N) is 4. The highest BCUT2D eigenvalue weighted by Gasteiger charge is 2.26. The Balaban J connectivity index is 1.52. The number of piperazine rings is 1. The van der Waals surface area contributed by atoms with Gasteiger partial charge in [0.15, 0.2) is 0 Å². The molecule has 3 rings (SSSR count). The van der Waals surface area contributed by atoms with Crippen LogP contribution in [0.5, 0.6) is 0 Å². The number of carbonyl (C=O) groups excluding carboxylic acids is 1. The first-order valence-corrected chi connectivity index (χ1v) is 10.4. The van der Waals surface area contributed by atoms with Crippen LogP contribution in [0.15, 0.2) is 28.7 Å². The van der Waals surface area contributed by atoms with Gasteiger partial charge >= 0.3 is 0 Å². The Bertz CT molecular complexity index is 809. The van der Waals surface area contributed by atoms with Crippen LogP contribution in [0.2, 0.25) is 0 Å². The molecule has 1 aliphatic heterocycles. The Morgan fingerprint density at radius 1 is 1.19 bits per heavy atom. The fraction of sp³-hybridized carbons (Fsp3) is 0.524. The Morgan fingerprint density at radius 2 is 1.89 bits per heavy atom. The van der Waals surface area contributed by atoms with Gasteiger partial charge in [0.05, 0.1) is 22.6 Å². The molecule has 0 radical (unpaired) electrons. The van der Waals surface area contributed by atoms with E-state index in [0.717, 1.165) is 48.6 Å². The van der Waals surface area contributed by atoms with Gasteiger partial charge in [0.1, 0.15) is 0 Å². The lowest BCUT2D eigenvalue weighted by Gasteiger charge is -2.36. The Labute approximate surface area is 170 Å². The van der Waals surface area contributed by atoms with Gasteiger partial charge < -0.3 is 4.90 Å². The van der Waals surface area contributed by atoms with Crippen molar-refractivity contribution in [3.05, 3.63) is 51.3 Å². The van der Waals surface area contributed by atoms with Gasteiger partial charge in [0, 0.05) is 38.4 Å². The van der Waals surface area contributed by atoms with E-state index in [2.05, 4.69) is 57.1 Å². The molecule has 0 bridgehead atoms. The SMILES string of the molecule is Cc1cccc(CN2CCN(C(=O)C(C)Cn3nc(C)c(Br)c3C)CC2)c1. The zero-order valence-electron chi connectivity index (χ0n) is 16.7. The average molecular weight is 433 g/mol. The number of amides is 1. The van der Waals surface area contributed by atoms with E-state index in [9.17, 15) is 4.79 Å². The molecule has 6 heteroatoms. The standard InChI is InChI=1S/C21H29BrN4O/c1-15-6-5-7-19(12-15)14-24-8-10-25(11-9-24)21(27)16(2)13-26-18(4)20(22)17(3)23-26/h5-7,12,16H,8-11,13-14H2,1-4H3. The maximum absolute atomic E-state index is 12.9. The Kier molecular flexibility index (Phi) is 6.37. The molecule has 1 aromatic carbocycles. The lowest BCUT2D eigenvalue weighted by Crippen LogP contribution is -2.50. The molecule has 146 valence electrons. The highest BCUT2D eigenvalue weighted by molar-refractivity contribution is 9.10. The summed E-state index contributed by atoms with van der Waals surface area (Å²) in [5, 5.41) is 4.53. The number of hydrogen-bond acceptors (Lipinski definition) is 3. The first kappa shape index (κ1) is 20.1. The summed E-state index contributed by atoms with van der Waals surface area (Å²) in [5.41, 5.74) is 4.69. The van der Waals surface area contributed by atoms with Gasteiger partial charge in [0.25, 0.3) is 0 Å². The maximum atomic E-state index is 12.9. The minimum atomic E-state index is -0.0711. The van der Waals surface area contributed by atoms with E-state index >= 15 is 0 Å². The molecule has 27 heavy (non-hydrogen) atoms. The van der Waals surface area contributed by atoms with E-state index in [4.69, 9.17) is 0 Å². The van der Waals surface area contributed by atoms with Crippen molar-refractivity contribution < 1.29 is 4.79 Å². The van der Waals surface area contributed by atoms with E-state index in [1.165, 1.54) is 11.1 Å². The first-order valence-electron chi connectivity index (χ1n) is 9.61. The maximum Gasteiger partial charge on any atom is 0.227 e. The van der Waals surface area contributed by atoms with Gasteiger partial charge in [-0.3, -0.25) is 14.4 Å². The lowest BCUT2D eigenvalue weighted by atomic mass is 10.1. The normalized spacial score (nSPS) is 16.6. The van der Waals surface area contributed by atoms with Crippen LogP contribution in [-0.4, -0.2) is 51.7 Å². The molecule has 1 saturated heterocycles. The van der Waals surface area contributed by atoms with Crippen molar-refractivity contribution in [2.45, 2.75) is 40.8 Å². The van der Waals surface area contributed by atoms with E-state index in [0.29, 0.717) is 6.54 Å². The number of carbonyl (C=O) groups is 1. The number of rotatable bonds is 5. The van der Waals surface area contributed by atoms with Crippen LogP contribution in [0.3, 0.4) is 0 Å². The minimum Gasteiger partial charge on any atom is -0.340 e. The minimum absolute atomic E-state index is 0.0711. The van der Waals surface area contributed by atoms with Crippen LogP contribution >= 0.6 is 15.9 Å². The quantitative estimate of drug-likeness (QED) is 0.724. The summed E-state index contributed by atoms with van der Waals surface area (Å²) in [6.45, 7) is 13.2. The summed E-state index contributed by atoms with van der Waals surface area (Å²) in [4.78, 5) is 17.3. The van der Waals surface area contributed by atoms with Gasteiger partial charge in [-0.2, -0.15) is 5.10 Å². The zero-order valence-corrected chi connectivity index (χ0v) is 18.3. The average Bonchev–Trinajstić information content (AvgIpc) is 2.88. The molecule has 1 atom stereocenters. The fourth-order valence-corrected chi connectivity index (χ4v) is 3.98. The molecule has 2 heterocycles. The number of hydrogen-bond donors (Lipinski definition) is 0. The number of halogens is 1. The van der Waals surface area contributed by atoms with Gasteiger partial charge in [-0.15, -0.1) is 0 Å². The van der Waals surface area contributed by atoms with Gasteiger partial charge in [0.2, 0.25) is 5.91 Å². The van der Waals surface area contributed by atoms with Crippen molar-refractivity contribution in [3.63, 3.8) is 0 Å². The second-order valence-electron chi connectivity index (χ2n) is 7.66. The molecule has 0 N–H and O–H groups in total. The predicted octanol–water partition coefficient (Wildman–Crippen LogP) is 3.55. The number of benzene rings is 1. The van der Waals surface area contributed by atoms with E-state index in [1.807, 2.05) is 30.4 Å². The van der Waals surface area contributed by atoms with Gasteiger partial charge in [-0.1, -0.05) is 36.8 Å². The summed E-state index contributed by atoms with van der Waals surface area (Å²) in [6.07, 6.45) is 0. The molecule has 1 aliphatic rings. The molecule has 0 spiro atoms. The van der Waals surface area contributed by atoms with Crippen molar-refractivity contribution in [2.75, 3.05) is 26.2 Å². The summed E-state index contributed by atoms with van der Waals surface area (Å²) in [5.74, 6) is 0.159. The van der Waals surface area contributed by atoms with Crippen molar-refractivity contribution >= 4 is 21.8 Å². The predicted molar refractivity (Wildman–Crippen MR) is 112 cm³/mol. The Hall–Kier alpha value is -1.66. The van der Waals surface area contributed by atoms with E-state index in [1.54, 1.807) is 0 Å². The molecule has 1 aromatic heterocycles. The highest BCUT2D eigenvalue weighted by atomic mass is 79.9. The summed E-state index contributed by atoms with van der Waals surface area (Å²) >= 11 is 3.56. The van der Waals surface area contributed by atoms with Crippen molar-refractivity contribution in [3.8, 4) is 0 Å². The molecular formula is C21H29BrN4O. The zero-order chi connectivity index (χ0) is 19.6. The molecule has 2 aromatic rings. The third-order valence-electron chi connectivity index (χ3n) is 5.33. The van der Waals surface area contributed by atoms with Gasteiger partial charge in [-0.25, -0.2) is 0 Å². The van der Waals surface area contributed by atoms with Crippen molar-refractivity contribution in [1.82, 2.24) is 19.6 Å². The van der Waals surface area contributed by atoms with Crippen LogP contribution in [0.4, 0.5) is 0 Å². The van der Waals surface area contributed by atoms with Crippen LogP contribution in [0, 0.1) is 26.7 Å². The summed E-state index contributed by atoms with van der Waals surface area (Å²) < 4.78 is 2.97. The van der Waals surface area contributed by atoms with Crippen LogP contribution in [0.1, 0.15) is 29.4 Å². The van der Waals surface area contributed by atoms with E-state index in [-0.39, 0.29) is 11.8 Å². The Morgan fingerprint density at radius 3 is 2.48 bits per heavy atom. The third kappa shape index (κ3) is 4.79. The smallest absolute Gasteiger partial charge is 0.227 e. The van der Waals surface area contributed by atoms with Gasteiger partial charge in [-0.05, 0) is 42.3 Å². The molecule has 5 nitrogen and oxygen atoms in total. The monoisotopic (exact) mass is 432 g/mol. The van der Waals surface area contributed by atoms with Crippen LogP contribution in [-0.2, 0) is 17.9 Å². The highest BCUT2D eigenvalue weighted by Crippen LogP contribution is 2.21. The molecule has 0 saturated carbocycles. The van der Waals surface area contributed by atoms with Crippen LogP contribution < -0.4 is 0 Å². The third-order valence-corrected chi connectivity index (χ3v) is 6.48. The van der Waals surface area contributed by atoms with Crippen molar-refractivity contribution in [2.24, 2.45) is 5.92 Å². The van der Waals surface area contributed by atoms with Crippen LogP contribution in [0.25, 0.3) is 0 Å². The number of aryl methyl sites for hydroxylation is 2. The van der Waals surface area contributed by atoms with Crippen molar-refractivity contribution in [1.29, 1.82) is 0 Å². The largest absolute Gasteiger partial charge is 0.340 e. The lowest BCUT2D eigenvalue weighted by molar-refractivity contribution is -0.137. The molecular weight excluding hydrogens is 404 g/mol. The summed E-state index contributed by atoms with van der Waals surface area (Å²) in [6, 6.07) is 8.66.